The van der Waals surface area contributed by atoms with Gasteiger partial charge >= 0.3 is 0 Å². The molecule has 104 valence electrons. The number of nitrogens with zero attached hydrogens (tertiary/aromatic N) is 1. The number of ether oxygens (including phenoxy) is 2. The lowest BCUT2D eigenvalue weighted by atomic mass is 9.99. The number of benzene rings is 1. The number of hydrogen-bond acceptors (Lipinski definition) is 4. The lowest BCUT2D eigenvalue weighted by molar-refractivity contribution is 0.174. The SMILES string of the molecule is c1cc2c(cc1-c1cnc(C3CCCNC3)[nH]1)OCO2. The molecule has 0 saturated carbocycles. The van der Waals surface area contributed by atoms with Gasteiger partial charge in [0.25, 0.3) is 0 Å². The summed E-state index contributed by atoms with van der Waals surface area (Å²) in [5, 5.41) is 3.42. The van der Waals surface area contributed by atoms with Gasteiger partial charge in [0.05, 0.1) is 11.9 Å². The molecular weight excluding hydrogens is 254 g/mol. The van der Waals surface area contributed by atoms with Crippen LogP contribution in [0.3, 0.4) is 0 Å². The fourth-order valence-corrected chi connectivity index (χ4v) is 2.84. The highest BCUT2D eigenvalue weighted by molar-refractivity contribution is 5.64. The third-order valence-electron chi connectivity index (χ3n) is 3.96. The molecule has 4 rings (SSSR count). The summed E-state index contributed by atoms with van der Waals surface area (Å²) in [4.78, 5) is 7.99. The Balaban J connectivity index is 1.61. The van der Waals surface area contributed by atoms with Gasteiger partial charge < -0.3 is 19.8 Å². The minimum atomic E-state index is 0.306. The molecule has 3 heterocycles. The fraction of sp³-hybridized carbons (Fsp3) is 0.400. The van der Waals surface area contributed by atoms with Crippen LogP contribution >= 0.6 is 0 Å². The van der Waals surface area contributed by atoms with Gasteiger partial charge in [0, 0.05) is 18.0 Å². The average Bonchev–Trinajstić information content (AvgIpc) is 3.16. The number of imidazole rings is 1. The largest absolute Gasteiger partial charge is 0.454 e. The number of aromatic amines is 1. The van der Waals surface area contributed by atoms with Crippen molar-refractivity contribution < 1.29 is 9.47 Å². The number of H-pyrrole nitrogens is 1. The summed E-state index contributed by atoms with van der Waals surface area (Å²) in [5.41, 5.74) is 2.11. The summed E-state index contributed by atoms with van der Waals surface area (Å²) in [6.45, 7) is 2.43. The van der Waals surface area contributed by atoms with Gasteiger partial charge in [-0.2, -0.15) is 0 Å². The van der Waals surface area contributed by atoms with Crippen molar-refractivity contribution in [2.75, 3.05) is 19.9 Å². The third kappa shape index (κ3) is 2.04. The summed E-state index contributed by atoms with van der Waals surface area (Å²) in [6, 6.07) is 5.98. The molecule has 0 aliphatic carbocycles. The minimum absolute atomic E-state index is 0.306. The number of hydrogen-bond donors (Lipinski definition) is 2. The number of nitrogens with one attached hydrogen (secondary N) is 2. The second kappa shape index (κ2) is 4.83. The monoisotopic (exact) mass is 271 g/mol. The topological polar surface area (TPSA) is 59.2 Å². The Morgan fingerprint density at radius 3 is 3.05 bits per heavy atom. The highest BCUT2D eigenvalue weighted by Crippen LogP contribution is 2.35. The average molecular weight is 271 g/mol. The van der Waals surface area contributed by atoms with E-state index in [1.54, 1.807) is 0 Å². The van der Waals surface area contributed by atoms with Crippen LogP contribution in [0.15, 0.2) is 24.4 Å². The molecule has 2 aromatic rings. The summed E-state index contributed by atoms with van der Waals surface area (Å²) < 4.78 is 10.8. The van der Waals surface area contributed by atoms with E-state index in [4.69, 9.17) is 9.47 Å². The van der Waals surface area contributed by atoms with Crippen molar-refractivity contribution in [1.29, 1.82) is 0 Å². The van der Waals surface area contributed by atoms with E-state index < -0.39 is 0 Å². The zero-order valence-corrected chi connectivity index (χ0v) is 11.2. The number of fused-ring (bicyclic) bond motifs is 1. The van der Waals surface area contributed by atoms with Crippen LogP contribution in [0, 0.1) is 0 Å². The van der Waals surface area contributed by atoms with Crippen molar-refractivity contribution in [2.24, 2.45) is 0 Å². The molecule has 0 bridgehead atoms. The summed E-state index contributed by atoms with van der Waals surface area (Å²) in [5.74, 6) is 3.18. The Morgan fingerprint density at radius 1 is 1.20 bits per heavy atom. The quantitative estimate of drug-likeness (QED) is 0.879. The molecule has 0 spiro atoms. The Hall–Kier alpha value is -2.01. The molecule has 1 atom stereocenters. The maximum atomic E-state index is 5.42. The molecule has 20 heavy (non-hydrogen) atoms. The van der Waals surface area contributed by atoms with Crippen molar-refractivity contribution in [3.63, 3.8) is 0 Å². The molecule has 5 heteroatoms. The summed E-state index contributed by atoms with van der Waals surface area (Å²) in [6.07, 6.45) is 4.31. The molecule has 1 unspecified atom stereocenters. The lowest BCUT2D eigenvalue weighted by Gasteiger charge is -2.20. The normalized spacial score (nSPS) is 21.1. The van der Waals surface area contributed by atoms with Crippen LogP contribution in [0.2, 0.25) is 0 Å². The van der Waals surface area contributed by atoms with Crippen molar-refractivity contribution in [1.82, 2.24) is 15.3 Å². The Bertz CT molecular complexity index is 617. The van der Waals surface area contributed by atoms with Crippen LogP contribution in [0.4, 0.5) is 0 Å². The molecular formula is C15H17N3O2. The van der Waals surface area contributed by atoms with E-state index in [1.165, 1.54) is 12.8 Å². The number of rotatable bonds is 2. The van der Waals surface area contributed by atoms with Crippen LogP contribution in [0.25, 0.3) is 11.3 Å². The van der Waals surface area contributed by atoms with Gasteiger partial charge in [-0.25, -0.2) is 4.98 Å². The van der Waals surface area contributed by atoms with Gasteiger partial charge in [-0.05, 0) is 37.6 Å². The van der Waals surface area contributed by atoms with E-state index in [0.29, 0.717) is 12.7 Å². The molecule has 2 N–H and O–H groups in total. The zero-order chi connectivity index (χ0) is 13.4. The molecule has 1 aromatic carbocycles. The van der Waals surface area contributed by atoms with Gasteiger partial charge in [0.2, 0.25) is 6.79 Å². The van der Waals surface area contributed by atoms with Gasteiger partial charge in [0.15, 0.2) is 11.5 Å². The molecule has 1 aromatic heterocycles. The van der Waals surface area contributed by atoms with Gasteiger partial charge in [-0.15, -0.1) is 0 Å². The standard InChI is InChI=1S/C15H17N3O2/c1-2-11(7-16-5-1)15-17-8-12(18-15)10-3-4-13-14(6-10)20-9-19-13/h3-4,6,8,11,16H,1-2,5,7,9H2,(H,17,18). The molecule has 2 aliphatic heterocycles. The Morgan fingerprint density at radius 2 is 2.15 bits per heavy atom. The van der Waals surface area contributed by atoms with Crippen molar-refractivity contribution in [3.05, 3.63) is 30.2 Å². The van der Waals surface area contributed by atoms with Crippen LogP contribution in [0.1, 0.15) is 24.6 Å². The van der Waals surface area contributed by atoms with Crippen LogP contribution in [-0.4, -0.2) is 29.9 Å². The Kier molecular flexibility index (Phi) is 2.85. The van der Waals surface area contributed by atoms with E-state index in [-0.39, 0.29) is 0 Å². The first-order valence-corrected chi connectivity index (χ1v) is 7.06. The van der Waals surface area contributed by atoms with E-state index in [9.17, 15) is 0 Å². The maximum absolute atomic E-state index is 5.42. The van der Waals surface area contributed by atoms with Crippen molar-refractivity contribution >= 4 is 0 Å². The second-order valence-electron chi connectivity index (χ2n) is 5.29. The minimum Gasteiger partial charge on any atom is -0.454 e. The first-order valence-electron chi connectivity index (χ1n) is 7.06. The summed E-state index contributed by atoms with van der Waals surface area (Å²) in [7, 11) is 0. The lowest BCUT2D eigenvalue weighted by Crippen LogP contribution is -2.28. The summed E-state index contributed by atoms with van der Waals surface area (Å²) >= 11 is 0. The van der Waals surface area contributed by atoms with E-state index in [0.717, 1.165) is 41.7 Å². The van der Waals surface area contributed by atoms with Crippen molar-refractivity contribution in [2.45, 2.75) is 18.8 Å². The molecule has 0 radical (unpaired) electrons. The van der Waals surface area contributed by atoms with Crippen LogP contribution < -0.4 is 14.8 Å². The van der Waals surface area contributed by atoms with Gasteiger partial charge in [-0.1, -0.05) is 0 Å². The van der Waals surface area contributed by atoms with E-state index in [2.05, 4.69) is 15.3 Å². The third-order valence-corrected chi connectivity index (χ3v) is 3.96. The Labute approximate surface area is 117 Å². The predicted octanol–water partition coefficient (Wildman–Crippen LogP) is 2.27. The van der Waals surface area contributed by atoms with E-state index in [1.807, 2.05) is 24.4 Å². The molecule has 1 saturated heterocycles. The van der Waals surface area contributed by atoms with Crippen LogP contribution in [0.5, 0.6) is 11.5 Å². The maximum Gasteiger partial charge on any atom is 0.231 e. The van der Waals surface area contributed by atoms with Crippen LogP contribution in [-0.2, 0) is 0 Å². The van der Waals surface area contributed by atoms with Crippen molar-refractivity contribution in [3.8, 4) is 22.8 Å². The van der Waals surface area contributed by atoms with E-state index >= 15 is 0 Å². The first kappa shape index (κ1) is 11.8. The van der Waals surface area contributed by atoms with Gasteiger partial charge in [-0.3, -0.25) is 0 Å². The molecule has 2 aliphatic rings. The fourth-order valence-electron chi connectivity index (χ4n) is 2.84. The predicted molar refractivity (Wildman–Crippen MR) is 75.0 cm³/mol. The number of aromatic nitrogens is 2. The first-order chi connectivity index (χ1) is 9.90. The highest BCUT2D eigenvalue weighted by Gasteiger charge is 2.19. The molecule has 0 amide bonds. The second-order valence-corrected chi connectivity index (χ2v) is 5.29. The number of piperidine rings is 1. The smallest absolute Gasteiger partial charge is 0.231 e. The zero-order valence-electron chi connectivity index (χ0n) is 11.2. The molecule has 1 fully saturated rings. The molecule has 5 nitrogen and oxygen atoms in total. The van der Waals surface area contributed by atoms with Gasteiger partial charge in [0.1, 0.15) is 5.82 Å². The highest BCUT2D eigenvalue weighted by atomic mass is 16.7.